The van der Waals surface area contributed by atoms with Gasteiger partial charge < -0.3 is 11.1 Å². The second kappa shape index (κ2) is 3.88. The molecule has 1 rings (SSSR count). The number of hydrogen-bond donors (Lipinski definition) is 2. The Morgan fingerprint density at radius 2 is 2.09 bits per heavy atom. The van der Waals surface area contributed by atoms with Crippen molar-refractivity contribution in [3.63, 3.8) is 0 Å². The molecule has 1 aromatic rings. The summed E-state index contributed by atoms with van der Waals surface area (Å²) in [4.78, 5) is 8.08. The van der Waals surface area contributed by atoms with Crippen LogP contribution in [0.5, 0.6) is 0 Å². The van der Waals surface area contributed by atoms with Crippen molar-refractivity contribution in [3.8, 4) is 0 Å². The van der Waals surface area contributed by atoms with Crippen LogP contribution in [-0.4, -0.2) is 23.6 Å². The van der Waals surface area contributed by atoms with E-state index in [-0.39, 0.29) is 0 Å². The Labute approximate surface area is 65.9 Å². The van der Waals surface area contributed by atoms with Gasteiger partial charge in [-0.05, 0) is 18.5 Å². The van der Waals surface area contributed by atoms with Gasteiger partial charge in [0.05, 0.1) is 0 Å². The highest BCUT2D eigenvalue weighted by Gasteiger charge is 1.92. The highest BCUT2D eigenvalue weighted by molar-refractivity contribution is 5.23. The first-order valence-electron chi connectivity index (χ1n) is 3.55. The summed E-state index contributed by atoms with van der Waals surface area (Å²) in [6, 6.07) is 0. The molecule has 0 unspecified atom stereocenters. The van der Waals surface area contributed by atoms with E-state index in [0.717, 1.165) is 12.0 Å². The molecule has 11 heavy (non-hydrogen) atoms. The summed E-state index contributed by atoms with van der Waals surface area (Å²) in [5.41, 5.74) is 6.44. The largest absolute Gasteiger partial charge is 0.357 e. The molecule has 0 spiro atoms. The second-order valence-electron chi connectivity index (χ2n) is 2.20. The second-order valence-corrected chi connectivity index (χ2v) is 2.20. The van der Waals surface area contributed by atoms with Gasteiger partial charge in [0, 0.05) is 19.4 Å². The van der Waals surface area contributed by atoms with E-state index in [1.165, 1.54) is 0 Å². The maximum Gasteiger partial charge on any atom is 0.222 e. The van der Waals surface area contributed by atoms with Gasteiger partial charge in [-0.25, -0.2) is 9.97 Å². The van der Waals surface area contributed by atoms with Crippen molar-refractivity contribution < 1.29 is 0 Å². The molecule has 3 N–H and O–H groups in total. The Bertz CT molecular complexity index is 206. The van der Waals surface area contributed by atoms with E-state index in [1.807, 2.05) is 0 Å². The van der Waals surface area contributed by atoms with Crippen LogP contribution in [0.3, 0.4) is 0 Å². The molecule has 4 nitrogen and oxygen atoms in total. The van der Waals surface area contributed by atoms with Gasteiger partial charge >= 0.3 is 0 Å². The van der Waals surface area contributed by atoms with E-state index >= 15 is 0 Å². The highest BCUT2D eigenvalue weighted by atomic mass is 15.1. The first-order chi connectivity index (χ1) is 5.36. The average molecular weight is 152 g/mol. The van der Waals surface area contributed by atoms with Crippen LogP contribution < -0.4 is 11.1 Å². The van der Waals surface area contributed by atoms with Crippen molar-refractivity contribution in [1.29, 1.82) is 0 Å². The molecule has 1 aromatic heterocycles. The van der Waals surface area contributed by atoms with Crippen molar-refractivity contribution in [3.05, 3.63) is 18.0 Å². The van der Waals surface area contributed by atoms with Crippen LogP contribution in [0, 0.1) is 0 Å². The Morgan fingerprint density at radius 1 is 1.45 bits per heavy atom. The third kappa shape index (κ3) is 2.16. The predicted molar refractivity (Wildman–Crippen MR) is 44.3 cm³/mol. The maximum atomic E-state index is 5.36. The molecule has 0 saturated carbocycles. The topological polar surface area (TPSA) is 63.8 Å². The molecule has 60 valence electrons. The minimum atomic E-state index is 0.641. The minimum Gasteiger partial charge on any atom is -0.357 e. The number of anilines is 1. The molecule has 0 aliphatic rings. The van der Waals surface area contributed by atoms with Crippen LogP contribution in [0.1, 0.15) is 5.56 Å². The van der Waals surface area contributed by atoms with Crippen LogP contribution in [0.15, 0.2) is 12.4 Å². The Balaban J connectivity index is 2.66. The van der Waals surface area contributed by atoms with Crippen LogP contribution >= 0.6 is 0 Å². The smallest absolute Gasteiger partial charge is 0.222 e. The van der Waals surface area contributed by atoms with Crippen molar-refractivity contribution >= 4 is 5.95 Å². The Hall–Kier alpha value is -1.16. The lowest BCUT2D eigenvalue weighted by atomic mass is 10.2. The zero-order chi connectivity index (χ0) is 8.10. The van der Waals surface area contributed by atoms with E-state index in [0.29, 0.717) is 12.5 Å². The molecule has 0 bridgehead atoms. The summed E-state index contributed by atoms with van der Waals surface area (Å²) in [6.07, 6.45) is 4.40. The van der Waals surface area contributed by atoms with Crippen LogP contribution in [0.25, 0.3) is 0 Å². The number of hydrogen-bond acceptors (Lipinski definition) is 4. The van der Waals surface area contributed by atoms with Crippen molar-refractivity contribution in [2.24, 2.45) is 5.73 Å². The van der Waals surface area contributed by atoms with Gasteiger partial charge in [-0.2, -0.15) is 0 Å². The minimum absolute atomic E-state index is 0.641. The van der Waals surface area contributed by atoms with Gasteiger partial charge in [0.15, 0.2) is 0 Å². The fourth-order valence-electron chi connectivity index (χ4n) is 0.780. The normalized spacial score (nSPS) is 9.64. The average Bonchev–Trinajstić information content (AvgIpc) is 2.07. The van der Waals surface area contributed by atoms with Crippen molar-refractivity contribution in [1.82, 2.24) is 9.97 Å². The molecule has 1 heterocycles. The molecule has 0 aliphatic carbocycles. The van der Waals surface area contributed by atoms with E-state index in [2.05, 4.69) is 15.3 Å². The summed E-state index contributed by atoms with van der Waals surface area (Å²) in [5, 5.41) is 2.84. The van der Waals surface area contributed by atoms with Crippen LogP contribution in [0.2, 0.25) is 0 Å². The molecular weight excluding hydrogens is 140 g/mol. The van der Waals surface area contributed by atoms with E-state index in [1.54, 1.807) is 19.4 Å². The zero-order valence-electron chi connectivity index (χ0n) is 6.54. The van der Waals surface area contributed by atoms with Crippen LogP contribution in [-0.2, 0) is 6.42 Å². The number of nitrogens with one attached hydrogen (secondary N) is 1. The Kier molecular flexibility index (Phi) is 2.80. The molecule has 4 heteroatoms. The molecule has 0 aromatic carbocycles. The first kappa shape index (κ1) is 7.94. The van der Waals surface area contributed by atoms with Gasteiger partial charge in [-0.15, -0.1) is 0 Å². The summed E-state index contributed by atoms with van der Waals surface area (Å²) in [7, 11) is 1.79. The molecule has 0 aliphatic heterocycles. The monoisotopic (exact) mass is 152 g/mol. The summed E-state index contributed by atoms with van der Waals surface area (Å²) in [6.45, 7) is 0.641. The van der Waals surface area contributed by atoms with Crippen molar-refractivity contribution in [2.75, 3.05) is 18.9 Å². The molecule has 0 atom stereocenters. The van der Waals surface area contributed by atoms with E-state index in [9.17, 15) is 0 Å². The van der Waals surface area contributed by atoms with Crippen LogP contribution in [0.4, 0.5) is 5.95 Å². The van der Waals surface area contributed by atoms with E-state index < -0.39 is 0 Å². The van der Waals surface area contributed by atoms with Gasteiger partial charge in [0.1, 0.15) is 0 Å². The number of nitrogens with zero attached hydrogens (tertiary/aromatic N) is 2. The quantitative estimate of drug-likeness (QED) is 0.641. The molecular formula is C7H12N4. The van der Waals surface area contributed by atoms with Gasteiger partial charge in [0.25, 0.3) is 0 Å². The molecule has 0 fully saturated rings. The number of aromatic nitrogens is 2. The lowest BCUT2D eigenvalue weighted by Crippen LogP contribution is -2.04. The summed E-state index contributed by atoms with van der Waals surface area (Å²) >= 11 is 0. The standard InChI is InChI=1S/C7H12N4/c1-9-7-10-4-6(2-3-8)5-11-7/h4-5H,2-3,8H2,1H3,(H,9,10,11). The lowest BCUT2D eigenvalue weighted by Gasteiger charge is -1.98. The third-order valence-corrected chi connectivity index (χ3v) is 1.36. The van der Waals surface area contributed by atoms with Gasteiger partial charge in [0.2, 0.25) is 5.95 Å². The SMILES string of the molecule is CNc1ncc(CCN)cn1. The zero-order valence-corrected chi connectivity index (χ0v) is 6.54. The molecule has 0 saturated heterocycles. The lowest BCUT2D eigenvalue weighted by molar-refractivity contribution is 0.942. The third-order valence-electron chi connectivity index (χ3n) is 1.36. The maximum absolute atomic E-state index is 5.36. The Morgan fingerprint density at radius 3 is 2.55 bits per heavy atom. The molecule has 0 radical (unpaired) electrons. The number of nitrogens with two attached hydrogens (primary N) is 1. The number of rotatable bonds is 3. The van der Waals surface area contributed by atoms with E-state index in [4.69, 9.17) is 5.73 Å². The van der Waals surface area contributed by atoms with Crippen molar-refractivity contribution in [2.45, 2.75) is 6.42 Å². The van der Waals surface area contributed by atoms with Gasteiger partial charge in [-0.1, -0.05) is 0 Å². The highest BCUT2D eigenvalue weighted by Crippen LogP contribution is 1.98. The summed E-state index contributed by atoms with van der Waals surface area (Å²) in [5.74, 6) is 0.644. The fraction of sp³-hybridized carbons (Fsp3) is 0.429. The molecule has 0 amide bonds. The van der Waals surface area contributed by atoms with Gasteiger partial charge in [-0.3, -0.25) is 0 Å². The predicted octanol–water partition coefficient (Wildman–Crippen LogP) is 0.0195. The fourth-order valence-corrected chi connectivity index (χ4v) is 0.780. The summed E-state index contributed by atoms with van der Waals surface area (Å²) < 4.78 is 0. The first-order valence-corrected chi connectivity index (χ1v) is 3.55.